The molecule has 2 heterocycles. The van der Waals surface area contributed by atoms with E-state index < -0.39 is 17.2 Å². The largest absolute Gasteiger partial charge is 0.486 e. The van der Waals surface area contributed by atoms with Gasteiger partial charge in [-0.05, 0) is 11.4 Å². The van der Waals surface area contributed by atoms with Crippen LogP contribution in [-0.4, -0.2) is 20.2 Å². The summed E-state index contributed by atoms with van der Waals surface area (Å²) in [7, 11) is 2.91. The molecule has 0 atom stereocenters. The van der Waals surface area contributed by atoms with E-state index in [0.717, 1.165) is 15.9 Å². The van der Waals surface area contributed by atoms with Crippen LogP contribution in [0.2, 0.25) is 0 Å². The molecule has 0 bridgehead atoms. The number of carboxylic acid groups (broad SMARTS) is 1. The lowest BCUT2D eigenvalue weighted by molar-refractivity contribution is 0.0697. The average Bonchev–Trinajstić information content (AvgIpc) is 2.87. The third-order valence-corrected chi connectivity index (χ3v) is 3.71. The van der Waals surface area contributed by atoms with Crippen LogP contribution in [-0.2, 0) is 20.7 Å². The maximum absolute atomic E-state index is 11.7. The molecule has 7 nitrogen and oxygen atoms in total. The Kier molecular flexibility index (Phi) is 3.75. The van der Waals surface area contributed by atoms with Crippen molar-refractivity contribution in [2.75, 3.05) is 0 Å². The van der Waals surface area contributed by atoms with Crippen molar-refractivity contribution in [2.45, 2.75) is 6.61 Å². The molecule has 0 spiro atoms. The van der Waals surface area contributed by atoms with Crippen LogP contribution in [0.5, 0.6) is 5.75 Å². The van der Waals surface area contributed by atoms with E-state index >= 15 is 0 Å². The van der Waals surface area contributed by atoms with Crippen LogP contribution < -0.4 is 16.0 Å². The van der Waals surface area contributed by atoms with Crippen molar-refractivity contribution < 1.29 is 14.6 Å². The molecule has 0 aliphatic heterocycles. The van der Waals surface area contributed by atoms with Crippen LogP contribution in [0.1, 0.15) is 15.4 Å². The summed E-state index contributed by atoms with van der Waals surface area (Å²) in [6, 6.07) is 2.82. The molecule has 2 aromatic rings. The van der Waals surface area contributed by atoms with Crippen molar-refractivity contribution in [2.24, 2.45) is 14.1 Å². The molecule has 0 unspecified atom stereocenters. The van der Waals surface area contributed by atoms with Gasteiger partial charge >= 0.3 is 11.7 Å². The van der Waals surface area contributed by atoms with E-state index in [1.807, 2.05) is 0 Å². The molecule has 0 aliphatic rings. The number of aromatic nitrogens is 2. The zero-order valence-electron chi connectivity index (χ0n) is 10.8. The fourth-order valence-corrected chi connectivity index (χ4v) is 2.31. The number of nitrogens with zero attached hydrogens (tertiary/aromatic N) is 2. The second-order valence-corrected chi connectivity index (χ2v) is 5.00. The maximum Gasteiger partial charge on any atom is 0.349 e. The Labute approximate surface area is 117 Å². The minimum absolute atomic E-state index is 0.0567. The van der Waals surface area contributed by atoms with Gasteiger partial charge in [-0.2, -0.15) is 0 Å². The molecule has 0 amide bonds. The molecular formula is C12H12N2O5S. The van der Waals surface area contributed by atoms with Gasteiger partial charge in [-0.3, -0.25) is 13.9 Å². The number of hydrogen-bond acceptors (Lipinski definition) is 5. The molecule has 1 N–H and O–H groups in total. The van der Waals surface area contributed by atoms with Gasteiger partial charge in [0.1, 0.15) is 12.4 Å². The lowest BCUT2D eigenvalue weighted by Crippen LogP contribution is -2.38. The molecule has 2 aromatic heterocycles. The number of ether oxygens (including phenoxy) is 1. The number of aromatic carboxylic acids is 1. The minimum atomic E-state index is -1.08. The van der Waals surface area contributed by atoms with Gasteiger partial charge in [-0.15, -0.1) is 11.3 Å². The highest BCUT2D eigenvalue weighted by molar-refractivity contribution is 7.12. The van der Waals surface area contributed by atoms with Crippen LogP contribution in [0.3, 0.4) is 0 Å². The third kappa shape index (κ3) is 2.50. The first-order valence-corrected chi connectivity index (χ1v) is 6.49. The van der Waals surface area contributed by atoms with Crippen molar-refractivity contribution in [3.05, 3.63) is 48.9 Å². The van der Waals surface area contributed by atoms with Crippen molar-refractivity contribution >= 4 is 17.3 Å². The van der Waals surface area contributed by atoms with E-state index in [-0.39, 0.29) is 17.2 Å². The van der Waals surface area contributed by atoms with Gasteiger partial charge in [0.25, 0.3) is 5.56 Å². The Morgan fingerprint density at radius 1 is 1.35 bits per heavy atom. The van der Waals surface area contributed by atoms with Crippen LogP contribution in [0.4, 0.5) is 0 Å². The predicted octanol–water partition coefficient (Wildman–Crippen LogP) is 0.423. The number of thiophene rings is 1. The van der Waals surface area contributed by atoms with E-state index in [4.69, 9.17) is 9.84 Å². The fraction of sp³-hybridized carbons (Fsp3) is 0.250. The molecule has 0 aromatic carbocycles. The standard InChI is InChI=1S/C12H12N2O5S/c1-13-7(5-9(15)14(2)12(13)18)6-19-8-3-4-20-10(8)11(16)17/h3-5H,6H2,1-2H3,(H,16,17). The Morgan fingerprint density at radius 2 is 2.05 bits per heavy atom. The second kappa shape index (κ2) is 5.33. The van der Waals surface area contributed by atoms with E-state index in [9.17, 15) is 14.4 Å². The lowest BCUT2D eigenvalue weighted by Gasteiger charge is -2.10. The fourth-order valence-electron chi connectivity index (χ4n) is 1.64. The first kappa shape index (κ1) is 14.1. The van der Waals surface area contributed by atoms with Gasteiger partial charge in [-0.1, -0.05) is 0 Å². The molecular weight excluding hydrogens is 284 g/mol. The Bertz CT molecular complexity index is 771. The highest BCUT2D eigenvalue weighted by atomic mass is 32.1. The number of carbonyl (C=O) groups is 1. The van der Waals surface area contributed by atoms with Crippen molar-refractivity contribution in [1.29, 1.82) is 0 Å². The third-order valence-electron chi connectivity index (χ3n) is 2.82. The first-order chi connectivity index (χ1) is 9.41. The SMILES string of the molecule is Cn1c(COc2ccsc2C(=O)O)cc(=O)n(C)c1=O. The average molecular weight is 296 g/mol. The van der Waals surface area contributed by atoms with E-state index in [2.05, 4.69) is 0 Å². The molecule has 0 aliphatic carbocycles. The Balaban J connectivity index is 2.28. The number of carboxylic acids is 1. The molecule has 8 heteroatoms. The topological polar surface area (TPSA) is 90.5 Å². The summed E-state index contributed by atoms with van der Waals surface area (Å²) >= 11 is 1.05. The number of hydrogen-bond donors (Lipinski definition) is 1. The summed E-state index contributed by atoms with van der Waals surface area (Å²) in [5.41, 5.74) is -0.518. The summed E-state index contributed by atoms with van der Waals surface area (Å²) in [5.74, 6) is -0.858. The maximum atomic E-state index is 11.7. The van der Waals surface area contributed by atoms with Gasteiger partial charge in [-0.25, -0.2) is 9.59 Å². The predicted molar refractivity (Wildman–Crippen MR) is 72.5 cm³/mol. The van der Waals surface area contributed by atoms with Crippen molar-refractivity contribution in [3.8, 4) is 5.75 Å². The van der Waals surface area contributed by atoms with Gasteiger partial charge in [0.15, 0.2) is 4.88 Å². The molecule has 0 fully saturated rings. The van der Waals surface area contributed by atoms with E-state index in [0.29, 0.717) is 5.69 Å². The van der Waals surface area contributed by atoms with Gasteiger partial charge in [0.2, 0.25) is 0 Å². The number of rotatable bonds is 4. The van der Waals surface area contributed by atoms with Crippen LogP contribution in [0.15, 0.2) is 27.1 Å². The first-order valence-electron chi connectivity index (χ1n) is 5.61. The summed E-state index contributed by atoms with van der Waals surface area (Å²) in [6.45, 7) is -0.0567. The summed E-state index contributed by atoms with van der Waals surface area (Å²) in [6.07, 6.45) is 0. The van der Waals surface area contributed by atoms with E-state index in [1.165, 1.54) is 30.8 Å². The zero-order valence-corrected chi connectivity index (χ0v) is 11.6. The Morgan fingerprint density at radius 3 is 2.70 bits per heavy atom. The lowest BCUT2D eigenvalue weighted by atomic mass is 10.4. The van der Waals surface area contributed by atoms with Gasteiger partial charge < -0.3 is 9.84 Å². The van der Waals surface area contributed by atoms with Crippen LogP contribution in [0.25, 0.3) is 0 Å². The minimum Gasteiger partial charge on any atom is -0.486 e. The van der Waals surface area contributed by atoms with Crippen molar-refractivity contribution in [3.63, 3.8) is 0 Å². The van der Waals surface area contributed by atoms with Crippen LogP contribution in [0, 0.1) is 0 Å². The zero-order chi connectivity index (χ0) is 14.9. The molecule has 20 heavy (non-hydrogen) atoms. The molecule has 0 radical (unpaired) electrons. The smallest absolute Gasteiger partial charge is 0.349 e. The van der Waals surface area contributed by atoms with Crippen molar-refractivity contribution in [1.82, 2.24) is 9.13 Å². The molecule has 0 saturated heterocycles. The highest BCUT2D eigenvalue weighted by Crippen LogP contribution is 2.25. The monoisotopic (exact) mass is 296 g/mol. The molecule has 2 rings (SSSR count). The molecule has 106 valence electrons. The van der Waals surface area contributed by atoms with Gasteiger partial charge in [0, 0.05) is 20.2 Å². The second-order valence-electron chi connectivity index (χ2n) is 4.08. The normalized spacial score (nSPS) is 10.5. The summed E-state index contributed by atoms with van der Waals surface area (Å²) < 4.78 is 7.65. The van der Waals surface area contributed by atoms with E-state index in [1.54, 1.807) is 5.38 Å². The summed E-state index contributed by atoms with van der Waals surface area (Å²) in [4.78, 5) is 34.3. The highest BCUT2D eigenvalue weighted by Gasteiger charge is 2.14. The Hall–Kier alpha value is -2.35. The summed E-state index contributed by atoms with van der Waals surface area (Å²) in [5, 5.41) is 10.6. The van der Waals surface area contributed by atoms with Gasteiger partial charge in [0.05, 0.1) is 5.69 Å². The van der Waals surface area contributed by atoms with Crippen LogP contribution >= 0.6 is 11.3 Å². The quantitative estimate of drug-likeness (QED) is 0.883. The molecule has 0 saturated carbocycles.